The normalized spacial score (nSPS) is 15.8. The first kappa shape index (κ1) is 17.3. The van der Waals surface area contributed by atoms with Crippen LogP contribution >= 0.6 is 0 Å². The van der Waals surface area contributed by atoms with Gasteiger partial charge in [-0.25, -0.2) is 9.18 Å². The van der Waals surface area contributed by atoms with Crippen molar-refractivity contribution in [2.45, 2.75) is 5.92 Å². The molecule has 1 aliphatic rings. The van der Waals surface area contributed by atoms with Gasteiger partial charge < -0.3 is 4.74 Å². The van der Waals surface area contributed by atoms with Crippen LogP contribution in [0.1, 0.15) is 11.5 Å². The lowest BCUT2D eigenvalue weighted by Crippen LogP contribution is -2.17. The molecule has 134 valence electrons. The van der Waals surface area contributed by atoms with E-state index in [-0.39, 0.29) is 23.0 Å². The van der Waals surface area contributed by atoms with E-state index in [0.29, 0.717) is 12.1 Å². The number of nitrogens with one attached hydrogen (secondary N) is 1. The lowest BCUT2D eigenvalue weighted by atomic mass is 10.00. The Kier molecular flexibility index (Phi) is 4.78. The zero-order valence-electron chi connectivity index (χ0n) is 13.8. The van der Waals surface area contributed by atoms with Crippen LogP contribution in [0, 0.1) is 15.9 Å². The number of rotatable bonds is 4. The number of hydrogen-bond donors (Lipinski definition) is 1. The maximum Gasteiger partial charge on any atom is 0.417 e. The number of carbonyl (C=O) groups excluding carboxylic acids is 1. The zero-order chi connectivity index (χ0) is 18.7. The van der Waals surface area contributed by atoms with E-state index in [1.54, 1.807) is 30.4 Å². The minimum atomic E-state index is -0.826. The van der Waals surface area contributed by atoms with Crippen molar-refractivity contribution in [2.24, 2.45) is 5.10 Å². The summed E-state index contributed by atoms with van der Waals surface area (Å²) in [6.45, 7) is 0.589. The van der Waals surface area contributed by atoms with Gasteiger partial charge in [0.2, 0.25) is 0 Å². The molecule has 9 heteroatoms. The first-order valence-electron chi connectivity index (χ1n) is 7.70. The fraction of sp³-hybridized carbons (Fsp3) is 0.176. The Morgan fingerprint density at radius 1 is 1.35 bits per heavy atom. The molecule has 0 saturated carbocycles. The third kappa shape index (κ3) is 3.94. The number of non-ortho nitro benzene ring substituents is 1. The standard InChI is InChI=1S/C17H15FN4O4/c1-21-10-11(9-19-21)15-7-2-12(8-16(15)18)20-17(23)26-14-5-3-13(4-6-14)22(24)25/h2-9,11H,10H2,1H3,(H,20,23). The molecule has 26 heavy (non-hydrogen) atoms. The molecule has 0 radical (unpaired) electrons. The summed E-state index contributed by atoms with van der Waals surface area (Å²) in [6, 6.07) is 9.41. The van der Waals surface area contributed by atoms with Crippen molar-refractivity contribution >= 4 is 23.7 Å². The van der Waals surface area contributed by atoms with E-state index in [1.165, 1.54) is 30.3 Å². The fourth-order valence-corrected chi connectivity index (χ4v) is 2.54. The van der Waals surface area contributed by atoms with Gasteiger partial charge in [-0.2, -0.15) is 5.10 Å². The minimum absolute atomic E-state index is 0.114. The van der Waals surface area contributed by atoms with Crippen LogP contribution < -0.4 is 10.1 Å². The molecule has 0 aromatic heterocycles. The maximum absolute atomic E-state index is 14.3. The fourth-order valence-electron chi connectivity index (χ4n) is 2.54. The van der Waals surface area contributed by atoms with Crippen molar-refractivity contribution in [1.82, 2.24) is 5.01 Å². The lowest BCUT2D eigenvalue weighted by Gasteiger charge is -2.12. The van der Waals surface area contributed by atoms with Gasteiger partial charge in [0.05, 0.1) is 4.92 Å². The molecule has 1 aliphatic heterocycles. The highest BCUT2D eigenvalue weighted by atomic mass is 19.1. The summed E-state index contributed by atoms with van der Waals surface area (Å²) in [5.74, 6) is -0.457. The molecule has 8 nitrogen and oxygen atoms in total. The summed E-state index contributed by atoms with van der Waals surface area (Å²) in [5, 5.41) is 18.8. The van der Waals surface area contributed by atoms with Crippen molar-refractivity contribution in [3.8, 4) is 5.75 Å². The molecule has 0 fully saturated rings. The van der Waals surface area contributed by atoms with Crippen LogP contribution in [0.4, 0.5) is 20.6 Å². The number of nitrogens with zero attached hydrogens (tertiary/aromatic N) is 3. The molecule has 3 rings (SSSR count). The smallest absolute Gasteiger partial charge is 0.410 e. The minimum Gasteiger partial charge on any atom is -0.410 e. The van der Waals surface area contributed by atoms with Gasteiger partial charge in [-0.05, 0) is 29.8 Å². The number of ether oxygens (including phenoxy) is 1. The topological polar surface area (TPSA) is 97.1 Å². The van der Waals surface area contributed by atoms with E-state index in [4.69, 9.17) is 4.74 Å². The van der Waals surface area contributed by atoms with Gasteiger partial charge in [-0.1, -0.05) is 6.07 Å². The Balaban J connectivity index is 1.63. The monoisotopic (exact) mass is 358 g/mol. The second-order valence-corrected chi connectivity index (χ2v) is 5.71. The first-order valence-corrected chi connectivity index (χ1v) is 7.70. The summed E-state index contributed by atoms with van der Waals surface area (Å²) in [7, 11) is 1.80. The predicted molar refractivity (Wildman–Crippen MR) is 93.0 cm³/mol. The van der Waals surface area contributed by atoms with Crippen LogP contribution in [-0.4, -0.2) is 35.8 Å². The highest BCUT2D eigenvalue weighted by Crippen LogP contribution is 2.25. The Morgan fingerprint density at radius 2 is 2.08 bits per heavy atom. The van der Waals surface area contributed by atoms with Crippen LogP contribution in [0.3, 0.4) is 0 Å². The summed E-state index contributed by atoms with van der Waals surface area (Å²) in [4.78, 5) is 21.9. The second kappa shape index (κ2) is 7.18. The molecule has 2 aromatic carbocycles. The molecule has 1 N–H and O–H groups in total. The number of carbonyl (C=O) groups is 1. The zero-order valence-corrected chi connectivity index (χ0v) is 13.8. The van der Waals surface area contributed by atoms with Gasteiger partial charge in [-0.15, -0.1) is 0 Å². The summed E-state index contributed by atoms with van der Waals surface area (Å²) < 4.78 is 19.3. The lowest BCUT2D eigenvalue weighted by molar-refractivity contribution is -0.384. The number of benzene rings is 2. The summed E-state index contributed by atoms with van der Waals surface area (Å²) in [6.07, 6.45) is 0.849. The quantitative estimate of drug-likeness (QED) is 0.668. The molecule has 1 heterocycles. The van der Waals surface area contributed by atoms with Crippen LogP contribution in [0.2, 0.25) is 0 Å². The number of hydrogen-bond acceptors (Lipinski definition) is 6. The van der Waals surface area contributed by atoms with Crippen LogP contribution in [0.15, 0.2) is 47.6 Å². The van der Waals surface area contributed by atoms with Gasteiger partial charge in [-0.3, -0.25) is 20.4 Å². The molecule has 1 amide bonds. The van der Waals surface area contributed by atoms with Crippen LogP contribution in [-0.2, 0) is 0 Å². The highest BCUT2D eigenvalue weighted by molar-refractivity contribution is 5.86. The van der Waals surface area contributed by atoms with Gasteiger partial charge in [0.15, 0.2) is 0 Å². The van der Waals surface area contributed by atoms with Crippen molar-refractivity contribution in [3.05, 3.63) is 64.0 Å². The molecule has 0 aliphatic carbocycles. The van der Waals surface area contributed by atoms with E-state index in [9.17, 15) is 19.3 Å². The van der Waals surface area contributed by atoms with Gasteiger partial charge in [0, 0.05) is 43.5 Å². The number of halogens is 1. The molecule has 0 saturated heterocycles. The molecular weight excluding hydrogens is 343 g/mol. The largest absolute Gasteiger partial charge is 0.417 e. The molecule has 0 bridgehead atoms. The molecule has 1 unspecified atom stereocenters. The number of amides is 1. The van der Waals surface area contributed by atoms with E-state index in [2.05, 4.69) is 10.4 Å². The third-order valence-corrected chi connectivity index (χ3v) is 3.81. The SMILES string of the molecule is CN1CC(c2ccc(NC(=O)Oc3ccc([N+](=O)[O-])cc3)cc2F)C=N1. The molecule has 2 aromatic rings. The summed E-state index contributed by atoms with van der Waals surface area (Å²) >= 11 is 0. The van der Waals surface area contributed by atoms with Crippen LogP contribution in [0.5, 0.6) is 5.75 Å². The Morgan fingerprint density at radius 3 is 2.65 bits per heavy atom. The van der Waals surface area contributed by atoms with E-state index >= 15 is 0 Å². The average Bonchev–Trinajstić information content (AvgIpc) is 3.01. The predicted octanol–water partition coefficient (Wildman–Crippen LogP) is 3.36. The number of nitro benzene ring substituents is 1. The number of hydrazone groups is 1. The van der Waals surface area contributed by atoms with E-state index < -0.39 is 16.8 Å². The van der Waals surface area contributed by atoms with Gasteiger partial charge in [0.25, 0.3) is 5.69 Å². The van der Waals surface area contributed by atoms with Crippen molar-refractivity contribution < 1.29 is 18.8 Å². The van der Waals surface area contributed by atoms with Gasteiger partial charge >= 0.3 is 6.09 Å². The molecule has 1 atom stereocenters. The molecular formula is C17H15FN4O4. The highest BCUT2D eigenvalue weighted by Gasteiger charge is 2.20. The maximum atomic E-state index is 14.3. The summed E-state index contributed by atoms with van der Waals surface area (Å²) in [5.41, 5.74) is 0.616. The van der Waals surface area contributed by atoms with E-state index in [0.717, 1.165) is 0 Å². The first-order chi connectivity index (χ1) is 12.4. The number of anilines is 1. The molecule has 0 spiro atoms. The Labute approximate surface area is 148 Å². The average molecular weight is 358 g/mol. The number of nitro groups is 1. The van der Waals surface area contributed by atoms with Gasteiger partial charge in [0.1, 0.15) is 11.6 Å². The Hall–Kier alpha value is -3.49. The second-order valence-electron chi connectivity index (χ2n) is 5.71. The number of likely N-dealkylation sites (N-methyl/N-ethyl adjacent to an activating group) is 1. The Bertz CT molecular complexity index is 870. The van der Waals surface area contributed by atoms with Crippen molar-refractivity contribution in [1.29, 1.82) is 0 Å². The van der Waals surface area contributed by atoms with E-state index in [1.807, 2.05) is 0 Å². The third-order valence-electron chi connectivity index (χ3n) is 3.81. The van der Waals surface area contributed by atoms with Crippen molar-refractivity contribution in [2.75, 3.05) is 18.9 Å². The van der Waals surface area contributed by atoms with Crippen LogP contribution in [0.25, 0.3) is 0 Å². The van der Waals surface area contributed by atoms with Crippen molar-refractivity contribution in [3.63, 3.8) is 0 Å².